The molecule has 0 amide bonds. The van der Waals surface area contributed by atoms with E-state index in [1.54, 1.807) is 17.8 Å². The van der Waals surface area contributed by atoms with Gasteiger partial charge in [0.2, 0.25) is 0 Å². The maximum absolute atomic E-state index is 11.5. The van der Waals surface area contributed by atoms with Crippen LogP contribution in [0.1, 0.15) is 24.5 Å². The number of hydrogen-bond acceptors (Lipinski definition) is 4. The van der Waals surface area contributed by atoms with Gasteiger partial charge in [-0.1, -0.05) is 0 Å². The summed E-state index contributed by atoms with van der Waals surface area (Å²) in [4.78, 5) is 0. The Bertz CT molecular complexity index is 444. The summed E-state index contributed by atoms with van der Waals surface area (Å²) in [7, 11) is -1.11. The number of sulfone groups is 1. The maximum atomic E-state index is 11.5. The third-order valence-corrected chi connectivity index (χ3v) is 4.64. The number of aryl methyl sites for hydroxylation is 1. The fourth-order valence-corrected chi connectivity index (χ4v) is 3.68. The molecule has 6 heteroatoms. The van der Waals surface area contributed by atoms with E-state index in [1.165, 1.54) is 0 Å². The van der Waals surface area contributed by atoms with E-state index in [-0.39, 0.29) is 11.7 Å². The van der Waals surface area contributed by atoms with E-state index in [4.69, 9.17) is 5.73 Å². The quantitative estimate of drug-likeness (QED) is 0.751. The summed E-state index contributed by atoms with van der Waals surface area (Å²) in [6.07, 6.45) is 1.61. The highest BCUT2D eigenvalue weighted by Gasteiger charge is 2.27. The van der Waals surface area contributed by atoms with Crippen molar-refractivity contribution in [2.75, 3.05) is 17.2 Å². The lowest BCUT2D eigenvalue weighted by atomic mass is 10.0. The third kappa shape index (κ3) is 2.14. The van der Waals surface area contributed by atoms with Crippen molar-refractivity contribution in [1.82, 2.24) is 9.78 Å². The fraction of sp³-hybridized carbons (Fsp3) is 0.667. The Balaban J connectivity index is 2.24. The Morgan fingerprint density at radius 1 is 1.60 bits per heavy atom. The monoisotopic (exact) mass is 229 g/mol. The number of hydrogen-bond donors (Lipinski definition) is 1. The first-order valence-corrected chi connectivity index (χ1v) is 6.80. The minimum Gasteiger partial charge on any atom is -0.384 e. The lowest BCUT2D eigenvalue weighted by Crippen LogP contribution is -2.24. The Morgan fingerprint density at radius 3 is 2.87 bits per heavy atom. The molecule has 2 N–H and O–H groups in total. The second-order valence-electron chi connectivity index (χ2n) is 4.07. The van der Waals surface area contributed by atoms with Crippen LogP contribution in [0, 0.1) is 0 Å². The van der Waals surface area contributed by atoms with E-state index in [0.717, 1.165) is 18.5 Å². The summed E-state index contributed by atoms with van der Waals surface area (Å²) in [6, 6.07) is 1.77. The standard InChI is InChI=1S/C9H15N3O2S/c1-12-9(10)5-8(11-12)7-3-2-4-15(13,14)6-7/h5,7H,2-4,6,10H2,1H3. The number of anilines is 1. The van der Waals surface area contributed by atoms with Gasteiger partial charge in [0.15, 0.2) is 9.84 Å². The molecule has 0 aromatic carbocycles. The molecule has 1 aromatic heterocycles. The van der Waals surface area contributed by atoms with Gasteiger partial charge in [-0.05, 0) is 12.8 Å². The third-order valence-electron chi connectivity index (χ3n) is 2.82. The molecule has 5 nitrogen and oxygen atoms in total. The molecule has 1 aliphatic heterocycles. The van der Waals surface area contributed by atoms with Crippen LogP contribution < -0.4 is 5.73 Å². The van der Waals surface area contributed by atoms with E-state index in [2.05, 4.69) is 5.10 Å². The summed E-state index contributed by atoms with van der Waals surface area (Å²) in [6.45, 7) is 0. The second kappa shape index (κ2) is 3.52. The molecule has 1 saturated heterocycles. The zero-order valence-electron chi connectivity index (χ0n) is 8.68. The predicted octanol–water partition coefficient (Wildman–Crippen LogP) is 0.295. The minimum atomic E-state index is -2.87. The number of rotatable bonds is 1. The molecule has 15 heavy (non-hydrogen) atoms. The highest BCUT2D eigenvalue weighted by molar-refractivity contribution is 7.91. The van der Waals surface area contributed by atoms with Crippen LogP contribution in [0.25, 0.3) is 0 Å². The summed E-state index contributed by atoms with van der Waals surface area (Å²) in [5.74, 6) is 1.12. The van der Waals surface area contributed by atoms with Crippen molar-refractivity contribution >= 4 is 15.7 Å². The average molecular weight is 229 g/mol. The molecule has 0 bridgehead atoms. The highest BCUT2D eigenvalue weighted by Crippen LogP contribution is 2.28. The van der Waals surface area contributed by atoms with Crippen LogP contribution in [0.2, 0.25) is 0 Å². The molecule has 84 valence electrons. The highest BCUT2D eigenvalue weighted by atomic mass is 32.2. The van der Waals surface area contributed by atoms with Crippen molar-refractivity contribution in [3.8, 4) is 0 Å². The maximum Gasteiger partial charge on any atom is 0.150 e. The molecule has 0 radical (unpaired) electrons. The topological polar surface area (TPSA) is 78.0 Å². The Morgan fingerprint density at radius 2 is 2.33 bits per heavy atom. The fourth-order valence-electron chi connectivity index (χ4n) is 1.96. The largest absolute Gasteiger partial charge is 0.384 e. The smallest absolute Gasteiger partial charge is 0.150 e. The number of aromatic nitrogens is 2. The Kier molecular flexibility index (Phi) is 2.46. The van der Waals surface area contributed by atoms with Crippen LogP contribution in [0.15, 0.2) is 6.07 Å². The lowest BCUT2D eigenvalue weighted by Gasteiger charge is -2.19. The molecule has 1 aromatic rings. The summed E-state index contributed by atoms with van der Waals surface area (Å²) >= 11 is 0. The van der Waals surface area contributed by atoms with Gasteiger partial charge in [0.1, 0.15) is 5.82 Å². The first kappa shape index (κ1) is 10.5. The van der Waals surface area contributed by atoms with Crippen molar-refractivity contribution < 1.29 is 8.42 Å². The normalized spacial score (nSPS) is 25.3. The van der Waals surface area contributed by atoms with Gasteiger partial charge in [-0.2, -0.15) is 5.10 Å². The average Bonchev–Trinajstić information content (AvgIpc) is 2.45. The van der Waals surface area contributed by atoms with Crippen molar-refractivity contribution in [3.05, 3.63) is 11.8 Å². The number of nitrogens with two attached hydrogens (primary N) is 1. The molecule has 0 saturated carbocycles. The van der Waals surface area contributed by atoms with E-state index in [9.17, 15) is 8.42 Å². The molecule has 2 heterocycles. The van der Waals surface area contributed by atoms with Gasteiger partial charge in [-0.15, -0.1) is 0 Å². The minimum absolute atomic E-state index is 0.0206. The van der Waals surface area contributed by atoms with Gasteiger partial charge < -0.3 is 5.73 Å². The molecule has 1 aliphatic rings. The van der Waals surface area contributed by atoms with Crippen LogP contribution in [0.5, 0.6) is 0 Å². The summed E-state index contributed by atoms with van der Waals surface area (Å²) < 4.78 is 24.5. The van der Waals surface area contributed by atoms with Crippen LogP contribution in [-0.2, 0) is 16.9 Å². The van der Waals surface area contributed by atoms with Crippen LogP contribution in [0.4, 0.5) is 5.82 Å². The summed E-state index contributed by atoms with van der Waals surface area (Å²) in [5, 5.41) is 4.23. The Labute approximate surface area is 89.2 Å². The van der Waals surface area contributed by atoms with Gasteiger partial charge in [-0.25, -0.2) is 8.42 Å². The predicted molar refractivity (Wildman–Crippen MR) is 58.2 cm³/mol. The molecule has 2 rings (SSSR count). The van der Waals surface area contributed by atoms with E-state index in [1.807, 2.05) is 0 Å². The van der Waals surface area contributed by atoms with Gasteiger partial charge >= 0.3 is 0 Å². The van der Waals surface area contributed by atoms with Crippen LogP contribution in [0.3, 0.4) is 0 Å². The second-order valence-corrected chi connectivity index (χ2v) is 6.30. The Hall–Kier alpha value is -1.04. The van der Waals surface area contributed by atoms with Crippen molar-refractivity contribution in [1.29, 1.82) is 0 Å². The molecular formula is C9H15N3O2S. The van der Waals surface area contributed by atoms with E-state index < -0.39 is 9.84 Å². The zero-order valence-corrected chi connectivity index (χ0v) is 9.50. The molecule has 1 unspecified atom stereocenters. The van der Waals surface area contributed by atoms with E-state index >= 15 is 0 Å². The van der Waals surface area contributed by atoms with Gasteiger partial charge in [-0.3, -0.25) is 4.68 Å². The first-order valence-electron chi connectivity index (χ1n) is 4.98. The van der Waals surface area contributed by atoms with Crippen molar-refractivity contribution in [2.45, 2.75) is 18.8 Å². The van der Waals surface area contributed by atoms with Crippen molar-refractivity contribution in [2.24, 2.45) is 7.05 Å². The molecule has 0 aliphatic carbocycles. The van der Waals surface area contributed by atoms with Gasteiger partial charge in [0.05, 0.1) is 17.2 Å². The lowest BCUT2D eigenvalue weighted by molar-refractivity contribution is 0.546. The van der Waals surface area contributed by atoms with Gasteiger partial charge in [0.25, 0.3) is 0 Å². The van der Waals surface area contributed by atoms with Crippen LogP contribution >= 0.6 is 0 Å². The van der Waals surface area contributed by atoms with Gasteiger partial charge in [0, 0.05) is 19.0 Å². The zero-order chi connectivity index (χ0) is 11.1. The number of nitrogens with zero attached hydrogens (tertiary/aromatic N) is 2. The SMILES string of the molecule is Cn1nc(C2CCCS(=O)(=O)C2)cc1N. The van der Waals surface area contributed by atoms with Crippen molar-refractivity contribution in [3.63, 3.8) is 0 Å². The first-order chi connectivity index (χ1) is 6.98. The van der Waals surface area contributed by atoms with E-state index in [0.29, 0.717) is 11.6 Å². The number of nitrogen functional groups attached to an aromatic ring is 1. The molecule has 1 fully saturated rings. The molecule has 0 spiro atoms. The molecular weight excluding hydrogens is 214 g/mol. The van der Waals surface area contributed by atoms with Crippen LogP contribution in [-0.4, -0.2) is 29.7 Å². The molecule has 1 atom stereocenters. The summed E-state index contributed by atoms with van der Waals surface area (Å²) in [5.41, 5.74) is 6.47.